The summed E-state index contributed by atoms with van der Waals surface area (Å²) in [6, 6.07) is 6.87. The summed E-state index contributed by atoms with van der Waals surface area (Å²) in [5.41, 5.74) is 6.48. The zero-order chi connectivity index (χ0) is 30.0. The number of carbonyl (C=O) groups excluding carboxylic acids is 1. The summed E-state index contributed by atoms with van der Waals surface area (Å²) in [6.45, 7) is 5.00. The molecular formula is C32H47F2N5OS. The second-order valence-electron chi connectivity index (χ2n) is 10.3. The number of rotatable bonds is 11. The van der Waals surface area contributed by atoms with Gasteiger partial charge in [0, 0.05) is 43.4 Å². The molecule has 4 N–H and O–H groups in total. The number of hydrogen-bond donors (Lipinski definition) is 3. The van der Waals surface area contributed by atoms with Crippen LogP contribution in [0.15, 0.2) is 36.7 Å². The molecule has 6 nitrogen and oxygen atoms in total. The van der Waals surface area contributed by atoms with Crippen LogP contribution < -0.4 is 16.4 Å². The minimum Gasteiger partial charge on any atom is -0.333 e. The van der Waals surface area contributed by atoms with Crippen LogP contribution in [0.1, 0.15) is 75.3 Å². The predicted molar refractivity (Wildman–Crippen MR) is 168 cm³/mol. The quantitative estimate of drug-likeness (QED) is 0.216. The monoisotopic (exact) mass is 587 g/mol. The molecule has 1 saturated carbocycles. The minimum atomic E-state index is -0.378. The molecule has 1 aliphatic carbocycles. The van der Waals surface area contributed by atoms with E-state index < -0.39 is 0 Å². The highest BCUT2D eigenvalue weighted by Gasteiger charge is 2.28. The molecule has 1 aromatic carbocycles. The lowest BCUT2D eigenvalue weighted by molar-refractivity contribution is -0.116. The third kappa shape index (κ3) is 11.0. The summed E-state index contributed by atoms with van der Waals surface area (Å²) in [5, 5.41) is 6.44. The van der Waals surface area contributed by atoms with E-state index in [2.05, 4.69) is 45.4 Å². The number of amides is 1. The Labute approximate surface area is 249 Å². The van der Waals surface area contributed by atoms with Crippen LogP contribution in [0.2, 0.25) is 0 Å². The van der Waals surface area contributed by atoms with Gasteiger partial charge in [-0.2, -0.15) is 0 Å². The maximum Gasteiger partial charge on any atom is 0.225 e. The Morgan fingerprint density at radius 3 is 2.56 bits per heavy atom. The van der Waals surface area contributed by atoms with E-state index in [1.165, 1.54) is 31.8 Å². The fourth-order valence-electron chi connectivity index (χ4n) is 5.71. The van der Waals surface area contributed by atoms with E-state index in [1.54, 1.807) is 18.3 Å². The van der Waals surface area contributed by atoms with Crippen molar-refractivity contribution in [2.75, 3.05) is 37.8 Å². The summed E-state index contributed by atoms with van der Waals surface area (Å²) in [5.74, 6) is 0.692. The van der Waals surface area contributed by atoms with Crippen LogP contribution in [0.5, 0.6) is 0 Å². The fourth-order valence-corrected chi connectivity index (χ4v) is 6.73. The van der Waals surface area contributed by atoms with E-state index in [0.29, 0.717) is 36.1 Å². The second-order valence-corrected chi connectivity index (χ2v) is 11.5. The first-order chi connectivity index (χ1) is 20.0. The molecule has 0 unspecified atom stereocenters. The third-order valence-electron chi connectivity index (χ3n) is 7.69. The van der Waals surface area contributed by atoms with Crippen molar-refractivity contribution in [1.82, 2.24) is 14.6 Å². The third-order valence-corrected chi connectivity index (χ3v) is 9.09. The van der Waals surface area contributed by atoms with Crippen molar-refractivity contribution in [2.45, 2.75) is 76.7 Å². The Morgan fingerprint density at radius 2 is 1.88 bits per heavy atom. The van der Waals surface area contributed by atoms with Crippen LogP contribution in [0.25, 0.3) is 0 Å². The van der Waals surface area contributed by atoms with E-state index in [1.807, 2.05) is 11.9 Å². The topological polar surface area (TPSA) is 83.3 Å². The fraction of sp³-hybridized carbons (Fsp3) is 0.562. The molecule has 1 aliphatic heterocycles. The van der Waals surface area contributed by atoms with Crippen molar-refractivity contribution in [3.05, 3.63) is 59.4 Å². The Bertz CT molecular complexity index is 1050. The van der Waals surface area contributed by atoms with Crippen molar-refractivity contribution < 1.29 is 13.6 Å². The molecule has 1 aromatic heterocycles. The van der Waals surface area contributed by atoms with Gasteiger partial charge >= 0.3 is 0 Å². The molecule has 2 atom stereocenters. The minimum absolute atomic E-state index is 0.0170. The van der Waals surface area contributed by atoms with Gasteiger partial charge in [0.25, 0.3) is 0 Å². The Hall–Kier alpha value is -2.51. The number of nitrogens with one attached hydrogen (secondary N) is 2. The van der Waals surface area contributed by atoms with Crippen LogP contribution in [0, 0.1) is 30.4 Å². The normalized spacial score (nSPS) is 18.3. The van der Waals surface area contributed by atoms with Crippen LogP contribution in [-0.2, 0) is 11.2 Å². The number of nitrogens with zero attached hydrogens (tertiary/aromatic N) is 2. The molecule has 0 radical (unpaired) electrons. The van der Waals surface area contributed by atoms with Crippen molar-refractivity contribution in [3.8, 4) is 12.8 Å². The SMILES string of the molecule is C#C.CCCSN1CCNC[C@@H]1CCc1c(F)cncc1NC(=O)C[C@@H](c1ccc(F)cc1)C1CCCCC1.CN. The van der Waals surface area contributed by atoms with Crippen LogP contribution in [-0.4, -0.2) is 53.7 Å². The second kappa shape index (κ2) is 19.6. The van der Waals surface area contributed by atoms with Crippen LogP contribution in [0.3, 0.4) is 0 Å². The molecule has 0 bridgehead atoms. The van der Waals surface area contributed by atoms with E-state index in [9.17, 15) is 13.6 Å². The molecule has 2 fully saturated rings. The largest absolute Gasteiger partial charge is 0.333 e. The summed E-state index contributed by atoms with van der Waals surface area (Å²) in [4.78, 5) is 17.3. The number of aromatic nitrogens is 1. The van der Waals surface area contributed by atoms with Crippen molar-refractivity contribution in [2.24, 2.45) is 11.7 Å². The van der Waals surface area contributed by atoms with E-state index >= 15 is 0 Å². The van der Waals surface area contributed by atoms with Gasteiger partial charge in [0.15, 0.2) is 0 Å². The first kappa shape index (κ1) is 34.7. The molecule has 2 aromatic rings. The van der Waals surface area contributed by atoms with Gasteiger partial charge in [-0.1, -0.05) is 50.3 Å². The molecule has 9 heteroatoms. The lowest BCUT2D eigenvalue weighted by atomic mass is 9.75. The molecule has 2 aliphatic rings. The number of nitrogens with two attached hydrogens (primary N) is 1. The highest BCUT2D eigenvalue weighted by molar-refractivity contribution is 7.97. The Morgan fingerprint density at radius 1 is 1.17 bits per heavy atom. The zero-order valence-corrected chi connectivity index (χ0v) is 25.4. The number of pyridine rings is 1. The molecule has 1 saturated heterocycles. The summed E-state index contributed by atoms with van der Waals surface area (Å²) in [7, 11) is 1.50. The zero-order valence-electron chi connectivity index (χ0n) is 24.6. The average Bonchev–Trinajstić information content (AvgIpc) is 3.02. The van der Waals surface area contributed by atoms with Gasteiger partial charge in [0.05, 0.1) is 18.1 Å². The maximum absolute atomic E-state index is 14.9. The predicted octanol–water partition coefficient (Wildman–Crippen LogP) is 6.14. The van der Waals surface area contributed by atoms with Gasteiger partial charge in [-0.25, -0.2) is 13.1 Å². The highest BCUT2D eigenvalue weighted by Crippen LogP contribution is 2.38. The number of anilines is 1. The molecule has 226 valence electrons. The number of halogens is 2. The Kier molecular flexibility index (Phi) is 16.6. The van der Waals surface area contributed by atoms with Crippen molar-refractivity contribution in [1.29, 1.82) is 0 Å². The molecule has 4 rings (SSSR count). The summed E-state index contributed by atoms with van der Waals surface area (Å²) in [6.07, 6.45) is 19.2. The average molecular weight is 588 g/mol. The van der Waals surface area contributed by atoms with Gasteiger partial charge in [-0.05, 0) is 68.7 Å². The first-order valence-corrected chi connectivity index (χ1v) is 15.7. The van der Waals surface area contributed by atoms with Gasteiger partial charge in [-0.15, -0.1) is 12.8 Å². The first-order valence-electron chi connectivity index (χ1n) is 14.7. The van der Waals surface area contributed by atoms with E-state index in [-0.39, 0.29) is 23.5 Å². The van der Waals surface area contributed by atoms with Gasteiger partial charge in [-0.3, -0.25) is 9.78 Å². The standard InChI is InChI=1S/C29H40F2N4OS.C2H2.CH5N/c1-2-16-37-35-15-14-32-18-24(35)12-13-25-27(31)19-33-20-28(25)34-29(36)17-26(21-6-4-3-5-7-21)22-8-10-23(30)11-9-22;2*1-2/h8-11,19-21,24,26,32H,2-7,12-18H2,1H3,(H,34,36);1-2H;2H2,1H3/t24-,26+;;/m0../s1. The lowest BCUT2D eigenvalue weighted by Gasteiger charge is -2.35. The maximum atomic E-state index is 14.9. The smallest absolute Gasteiger partial charge is 0.225 e. The van der Waals surface area contributed by atoms with Crippen molar-refractivity contribution in [3.63, 3.8) is 0 Å². The summed E-state index contributed by atoms with van der Waals surface area (Å²) < 4.78 is 30.9. The molecule has 41 heavy (non-hydrogen) atoms. The number of piperazine rings is 1. The number of carbonyl (C=O) groups is 1. The molecule has 1 amide bonds. The highest BCUT2D eigenvalue weighted by atomic mass is 32.2. The molecule has 0 spiro atoms. The van der Waals surface area contributed by atoms with Crippen LogP contribution >= 0.6 is 11.9 Å². The van der Waals surface area contributed by atoms with E-state index in [0.717, 1.165) is 69.5 Å². The van der Waals surface area contributed by atoms with Crippen LogP contribution in [0.4, 0.5) is 14.5 Å². The van der Waals surface area contributed by atoms with E-state index in [4.69, 9.17) is 0 Å². The molecule has 2 heterocycles. The number of hydrogen-bond acceptors (Lipinski definition) is 6. The molecular weight excluding hydrogens is 540 g/mol. The lowest BCUT2D eigenvalue weighted by Crippen LogP contribution is -2.48. The van der Waals surface area contributed by atoms with Gasteiger partial charge in [0.1, 0.15) is 11.6 Å². The Balaban J connectivity index is 0.00000141. The summed E-state index contributed by atoms with van der Waals surface area (Å²) >= 11 is 1.87. The number of terminal acetylenes is 1. The van der Waals surface area contributed by atoms with Gasteiger partial charge < -0.3 is 16.4 Å². The van der Waals surface area contributed by atoms with Gasteiger partial charge in [0.2, 0.25) is 5.91 Å². The van der Waals surface area contributed by atoms with Crippen molar-refractivity contribution >= 4 is 23.5 Å². The number of benzene rings is 1.